The highest BCUT2D eigenvalue weighted by Gasteiger charge is 2.09. The lowest BCUT2D eigenvalue weighted by Crippen LogP contribution is -2.21. The largest absolute Gasteiger partial charge is 0.460 e. The molecule has 0 spiro atoms. The molecular formula is C12H14N4O. The third-order valence-electron chi connectivity index (χ3n) is 2.39. The number of rotatable bonds is 3. The van der Waals surface area contributed by atoms with E-state index in [0.717, 1.165) is 28.7 Å². The summed E-state index contributed by atoms with van der Waals surface area (Å²) in [6, 6.07) is 7.79. The molecule has 5 heteroatoms. The van der Waals surface area contributed by atoms with E-state index in [-0.39, 0.29) is 5.96 Å². The van der Waals surface area contributed by atoms with Gasteiger partial charge in [0.1, 0.15) is 11.3 Å². The van der Waals surface area contributed by atoms with Crippen LogP contribution in [0.3, 0.4) is 0 Å². The van der Waals surface area contributed by atoms with Gasteiger partial charge in [-0.1, -0.05) is 25.1 Å². The lowest BCUT2D eigenvalue weighted by Gasteiger charge is -1.91. The molecule has 0 fully saturated rings. The zero-order valence-electron chi connectivity index (χ0n) is 9.55. The van der Waals surface area contributed by atoms with E-state index in [9.17, 15) is 0 Å². The van der Waals surface area contributed by atoms with Gasteiger partial charge in [-0.05, 0) is 6.07 Å². The maximum atomic E-state index is 5.70. The van der Waals surface area contributed by atoms with Crippen LogP contribution in [0.4, 0.5) is 0 Å². The number of hydrogen-bond acceptors (Lipinski definition) is 3. The second-order valence-corrected chi connectivity index (χ2v) is 3.56. The van der Waals surface area contributed by atoms with Gasteiger partial charge in [-0.2, -0.15) is 5.10 Å². The van der Waals surface area contributed by atoms with Crippen LogP contribution in [0.25, 0.3) is 11.0 Å². The number of para-hydroxylation sites is 1. The minimum Gasteiger partial charge on any atom is -0.460 e. The van der Waals surface area contributed by atoms with Crippen molar-refractivity contribution < 1.29 is 4.42 Å². The summed E-state index contributed by atoms with van der Waals surface area (Å²) >= 11 is 0. The van der Waals surface area contributed by atoms with E-state index >= 15 is 0 Å². The molecule has 4 N–H and O–H groups in total. The number of furan rings is 1. The molecule has 0 aliphatic heterocycles. The van der Waals surface area contributed by atoms with E-state index in [1.54, 1.807) is 6.21 Å². The van der Waals surface area contributed by atoms with Crippen LogP contribution in [0, 0.1) is 0 Å². The number of benzene rings is 1. The molecule has 1 aromatic carbocycles. The van der Waals surface area contributed by atoms with Gasteiger partial charge in [0.2, 0.25) is 5.96 Å². The van der Waals surface area contributed by atoms with Crippen LogP contribution in [0.15, 0.2) is 38.9 Å². The number of guanidine groups is 1. The van der Waals surface area contributed by atoms with Crippen LogP contribution in [-0.4, -0.2) is 12.2 Å². The molecule has 0 saturated heterocycles. The number of nitrogens with zero attached hydrogens (tertiary/aromatic N) is 2. The summed E-state index contributed by atoms with van der Waals surface area (Å²) in [5.74, 6) is 0.813. The first-order chi connectivity index (χ1) is 8.22. The second-order valence-electron chi connectivity index (χ2n) is 3.56. The first kappa shape index (κ1) is 11.2. The molecule has 0 atom stereocenters. The third-order valence-corrected chi connectivity index (χ3v) is 2.39. The fraction of sp³-hybridized carbons (Fsp3) is 0.167. The minimum absolute atomic E-state index is 0.0629. The lowest BCUT2D eigenvalue weighted by atomic mass is 10.1. The molecule has 0 saturated carbocycles. The fourth-order valence-electron chi connectivity index (χ4n) is 1.67. The maximum absolute atomic E-state index is 5.70. The molecule has 1 heterocycles. The summed E-state index contributed by atoms with van der Waals surface area (Å²) in [5, 5.41) is 8.42. The second kappa shape index (κ2) is 4.69. The molecule has 2 aromatic rings. The monoisotopic (exact) mass is 230 g/mol. The Labute approximate surface area is 98.8 Å². The van der Waals surface area contributed by atoms with Crippen molar-refractivity contribution in [2.24, 2.45) is 21.7 Å². The smallest absolute Gasteiger partial charge is 0.211 e. The molecule has 0 amide bonds. The van der Waals surface area contributed by atoms with E-state index in [2.05, 4.69) is 10.2 Å². The Morgan fingerprint density at radius 2 is 2.12 bits per heavy atom. The van der Waals surface area contributed by atoms with Crippen LogP contribution < -0.4 is 11.5 Å². The lowest BCUT2D eigenvalue weighted by molar-refractivity contribution is 0.556. The standard InChI is InChI=1S/C12H14N4O/c1-2-10-9(7-15-16-12(13)14)8-5-3-4-6-11(8)17-10/h3-7H,2H2,1H3,(H4,13,14,16)/b15-7+. The summed E-state index contributed by atoms with van der Waals surface area (Å²) in [4.78, 5) is 0. The van der Waals surface area contributed by atoms with Gasteiger partial charge < -0.3 is 15.9 Å². The highest BCUT2D eigenvalue weighted by atomic mass is 16.3. The van der Waals surface area contributed by atoms with Gasteiger partial charge in [0.15, 0.2) is 0 Å². The average Bonchev–Trinajstić information content (AvgIpc) is 2.67. The molecule has 88 valence electrons. The summed E-state index contributed by atoms with van der Waals surface area (Å²) in [5.41, 5.74) is 12.2. The quantitative estimate of drug-likeness (QED) is 0.476. The number of fused-ring (bicyclic) bond motifs is 1. The Kier molecular flexibility index (Phi) is 3.09. The van der Waals surface area contributed by atoms with E-state index in [4.69, 9.17) is 15.9 Å². The van der Waals surface area contributed by atoms with Crippen LogP contribution in [0.5, 0.6) is 0 Å². The zero-order valence-corrected chi connectivity index (χ0v) is 9.55. The Morgan fingerprint density at radius 3 is 2.82 bits per heavy atom. The van der Waals surface area contributed by atoms with Crippen LogP contribution >= 0.6 is 0 Å². The first-order valence-electron chi connectivity index (χ1n) is 5.34. The summed E-state index contributed by atoms with van der Waals surface area (Å²) in [6.07, 6.45) is 2.41. The van der Waals surface area contributed by atoms with Crippen molar-refractivity contribution in [3.63, 3.8) is 0 Å². The molecule has 0 unspecified atom stereocenters. The highest BCUT2D eigenvalue weighted by molar-refractivity contribution is 5.99. The summed E-state index contributed by atoms with van der Waals surface area (Å²) in [7, 11) is 0. The van der Waals surface area contributed by atoms with Crippen LogP contribution in [0.1, 0.15) is 18.2 Å². The fourth-order valence-corrected chi connectivity index (χ4v) is 1.67. The van der Waals surface area contributed by atoms with Crippen molar-refractivity contribution in [2.45, 2.75) is 13.3 Å². The normalized spacial score (nSPS) is 11.1. The van der Waals surface area contributed by atoms with Crippen molar-refractivity contribution >= 4 is 23.1 Å². The summed E-state index contributed by atoms with van der Waals surface area (Å²) in [6.45, 7) is 2.02. The molecule has 1 aromatic heterocycles. The van der Waals surface area contributed by atoms with Crippen molar-refractivity contribution in [2.75, 3.05) is 0 Å². The average molecular weight is 230 g/mol. The van der Waals surface area contributed by atoms with E-state index in [1.807, 2.05) is 31.2 Å². The Balaban J connectivity index is 2.50. The molecule has 0 bridgehead atoms. The molecule has 0 radical (unpaired) electrons. The SMILES string of the molecule is CCc1oc2ccccc2c1/C=N/N=C(N)N. The summed E-state index contributed by atoms with van der Waals surface area (Å²) < 4.78 is 5.70. The van der Waals surface area contributed by atoms with Crippen LogP contribution in [0.2, 0.25) is 0 Å². The molecule has 17 heavy (non-hydrogen) atoms. The maximum Gasteiger partial charge on any atom is 0.211 e. The molecular weight excluding hydrogens is 216 g/mol. The topological polar surface area (TPSA) is 89.9 Å². The predicted molar refractivity (Wildman–Crippen MR) is 69.0 cm³/mol. The molecule has 0 aliphatic rings. The molecule has 0 aliphatic carbocycles. The first-order valence-corrected chi connectivity index (χ1v) is 5.34. The highest BCUT2D eigenvalue weighted by Crippen LogP contribution is 2.24. The third kappa shape index (κ3) is 2.28. The Bertz CT molecular complexity index is 579. The molecule has 5 nitrogen and oxygen atoms in total. The van der Waals surface area contributed by atoms with Gasteiger partial charge in [0, 0.05) is 17.4 Å². The van der Waals surface area contributed by atoms with Gasteiger partial charge in [0.25, 0.3) is 0 Å². The van der Waals surface area contributed by atoms with Crippen LogP contribution in [-0.2, 0) is 6.42 Å². The Morgan fingerprint density at radius 1 is 1.35 bits per heavy atom. The van der Waals surface area contributed by atoms with Gasteiger partial charge in [-0.3, -0.25) is 0 Å². The van der Waals surface area contributed by atoms with Crippen molar-refractivity contribution in [3.05, 3.63) is 35.6 Å². The van der Waals surface area contributed by atoms with Gasteiger partial charge >= 0.3 is 0 Å². The van der Waals surface area contributed by atoms with E-state index in [0.29, 0.717) is 0 Å². The number of hydrogen-bond donors (Lipinski definition) is 2. The van der Waals surface area contributed by atoms with Gasteiger partial charge in [-0.25, -0.2) is 0 Å². The minimum atomic E-state index is -0.0629. The predicted octanol–water partition coefficient (Wildman–Crippen LogP) is 1.60. The number of nitrogens with two attached hydrogens (primary N) is 2. The van der Waals surface area contributed by atoms with E-state index < -0.39 is 0 Å². The van der Waals surface area contributed by atoms with E-state index in [1.165, 1.54) is 0 Å². The van der Waals surface area contributed by atoms with Crippen molar-refractivity contribution in [1.29, 1.82) is 0 Å². The van der Waals surface area contributed by atoms with Crippen molar-refractivity contribution in [1.82, 2.24) is 0 Å². The zero-order chi connectivity index (χ0) is 12.3. The Hall–Kier alpha value is -2.30. The number of aryl methyl sites for hydroxylation is 1. The van der Waals surface area contributed by atoms with Gasteiger partial charge in [-0.15, -0.1) is 5.10 Å². The van der Waals surface area contributed by atoms with Crippen molar-refractivity contribution in [3.8, 4) is 0 Å². The molecule has 2 rings (SSSR count). The van der Waals surface area contributed by atoms with Gasteiger partial charge in [0.05, 0.1) is 6.21 Å².